The van der Waals surface area contributed by atoms with Crippen LogP contribution in [0.25, 0.3) is 6.08 Å². The number of nitrogens with zero attached hydrogens (tertiary/aromatic N) is 2. The molecular weight excluding hydrogens is 288 g/mol. The molecule has 108 valence electrons. The zero-order valence-corrected chi connectivity index (χ0v) is 12.4. The van der Waals surface area contributed by atoms with Crippen molar-refractivity contribution in [3.05, 3.63) is 45.7 Å². The van der Waals surface area contributed by atoms with Crippen LogP contribution in [0.4, 0.5) is 0 Å². The number of carbonyl (C=O) groups excluding carboxylic acids is 2. The van der Waals surface area contributed by atoms with E-state index < -0.39 is 0 Å². The van der Waals surface area contributed by atoms with E-state index in [1.54, 1.807) is 23.3 Å². The summed E-state index contributed by atoms with van der Waals surface area (Å²) in [7, 11) is 1.38. The SMILES string of the molecule is COC(=O)C1=Cc2sc(C(=O)Cn3ccnc3)cc2CC1. The van der Waals surface area contributed by atoms with Crippen LogP contribution < -0.4 is 0 Å². The number of imidazole rings is 1. The van der Waals surface area contributed by atoms with Gasteiger partial charge in [0.1, 0.15) is 0 Å². The Bertz CT molecular complexity index is 713. The molecule has 0 unspecified atom stereocenters. The van der Waals surface area contributed by atoms with Gasteiger partial charge in [-0.15, -0.1) is 11.3 Å². The largest absolute Gasteiger partial charge is 0.466 e. The second kappa shape index (κ2) is 5.65. The summed E-state index contributed by atoms with van der Waals surface area (Å²) in [5, 5.41) is 0. The highest BCUT2D eigenvalue weighted by molar-refractivity contribution is 7.15. The van der Waals surface area contributed by atoms with Crippen molar-refractivity contribution in [3.8, 4) is 0 Å². The van der Waals surface area contributed by atoms with Crippen molar-refractivity contribution in [1.29, 1.82) is 0 Å². The van der Waals surface area contributed by atoms with Crippen molar-refractivity contribution in [2.24, 2.45) is 0 Å². The molecule has 0 N–H and O–H groups in total. The highest BCUT2D eigenvalue weighted by Crippen LogP contribution is 2.32. The Labute approximate surface area is 125 Å². The topological polar surface area (TPSA) is 61.2 Å². The predicted octanol–water partition coefficient (Wildman–Crippen LogP) is 2.33. The Morgan fingerprint density at radius 1 is 1.43 bits per heavy atom. The van der Waals surface area contributed by atoms with Gasteiger partial charge in [-0.1, -0.05) is 0 Å². The van der Waals surface area contributed by atoms with Crippen LogP contribution >= 0.6 is 11.3 Å². The van der Waals surface area contributed by atoms with E-state index in [1.807, 2.05) is 12.1 Å². The summed E-state index contributed by atoms with van der Waals surface area (Å²) < 4.78 is 6.50. The van der Waals surface area contributed by atoms with Crippen LogP contribution in [-0.4, -0.2) is 28.4 Å². The fourth-order valence-electron chi connectivity index (χ4n) is 2.31. The molecule has 2 aromatic heterocycles. The van der Waals surface area contributed by atoms with Crippen LogP contribution in [0.15, 0.2) is 30.4 Å². The Morgan fingerprint density at radius 3 is 3.00 bits per heavy atom. The Balaban J connectivity index is 1.82. The Kier molecular flexibility index (Phi) is 3.70. The van der Waals surface area contributed by atoms with Gasteiger partial charge in [0.25, 0.3) is 0 Å². The van der Waals surface area contributed by atoms with E-state index in [-0.39, 0.29) is 18.3 Å². The van der Waals surface area contributed by atoms with Crippen molar-refractivity contribution in [3.63, 3.8) is 0 Å². The molecule has 0 aliphatic heterocycles. The summed E-state index contributed by atoms with van der Waals surface area (Å²) in [5.74, 6) is -0.235. The molecule has 0 spiro atoms. The standard InChI is InChI=1S/C15H14N2O3S/c1-20-15(19)11-3-2-10-6-14(21-13(10)7-11)12(18)8-17-5-4-16-9-17/h4-7,9H,2-3,8H2,1H3. The van der Waals surface area contributed by atoms with E-state index in [2.05, 4.69) is 4.98 Å². The number of ketones is 1. The third-order valence-corrected chi connectivity index (χ3v) is 4.58. The van der Waals surface area contributed by atoms with Crippen LogP contribution in [0, 0.1) is 0 Å². The fourth-order valence-corrected chi connectivity index (χ4v) is 3.42. The second-order valence-electron chi connectivity index (χ2n) is 4.82. The summed E-state index contributed by atoms with van der Waals surface area (Å²) in [6.45, 7) is 0.285. The van der Waals surface area contributed by atoms with E-state index in [9.17, 15) is 9.59 Å². The van der Waals surface area contributed by atoms with Gasteiger partial charge in [0, 0.05) is 22.8 Å². The van der Waals surface area contributed by atoms with E-state index in [0.29, 0.717) is 12.0 Å². The summed E-state index contributed by atoms with van der Waals surface area (Å²) >= 11 is 1.43. The first-order valence-electron chi connectivity index (χ1n) is 6.58. The molecule has 0 fully saturated rings. The maximum atomic E-state index is 12.3. The van der Waals surface area contributed by atoms with Crippen LogP contribution in [0.5, 0.6) is 0 Å². The van der Waals surface area contributed by atoms with Crippen LogP contribution in [0.2, 0.25) is 0 Å². The van der Waals surface area contributed by atoms with E-state index in [0.717, 1.165) is 21.7 Å². The molecule has 5 nitrogen and oxygen atoms in total. The maximum Gasteiger partial charge on any atom is 0.333 e. The number of ether oxygens (including phenoxy) is 1. The minimum Gasteiger partial charge on any atom is -0.466 e. The minimum atomic E-state index is -0.291. The smallest absolute Gasteiger partial charge is 0.333 e. The van der Waals surface area contributed by atoms with Gasteiger partial charge in [0.05, 0.1) is 24.9 Å². The number of hydrogen-bond donors (Lipinski definition) is 0. The fraction of sp³-hybridized carbons (Fsp3) is 0.267. The lowest BCUT2D eigenvalue weighted by Crippen LogP contribution is -2.08. The molecule has 1 aliphatic carbocycles. The monoisotopic (exact) mass is 302 g/mol. The number of methoxy groups -OCH3 is 1. The van der Waals surface area contributed by atoms with Gasteiger partial charge in [-0.2, -0.15) is 0 Å². The average Bonchev–Trinajstić information content (AvgIpc) is 3.14. The van der Waals surface area contributed by atoms with Gasteiger partial charge >= 0.3 is 5.97 Å². The average molecular weight is 302 g/mol. The Hall–Kier alpha value is -2.21. The van der Waals surface area contributed by atoms with E-state index in [4.69, 9.17) is 4.74 Å². The summed E-state index contributed by atoms with van der Waals surface area (Å²) in [5.41, 5.74) is 1.79. The number of thiophene rings is 1. The zero-order valence-electron chi connectivity index (χ0n) is 11.5. The van der Waals surface area contributed by atoms with Crippen molar-refractivity contribution in [2.45, 2.75) is 19.4 Å². The molecule has 0 radical (unpaired) electrons. The second-order valence-corrected chi connectivity index (χ2v) is 5.90. The van der Waals surface area contributed by atoms with Crippen LogP contribution in [-0.2, 0) is 22.5 Å². The first-order chi connectivity index (χ1) is 10.2. The first kappa shape index (κ1) is 13.8. The molecule has 0 atom stereocenters. The minimum absolute atomic E-state index is 0.0559. The molecule has 0 bridgehead atoms. The number of rotatable bonds is 4. The number of aromatic nitrogens is 2. The van der Waals surface area contributed by atoms with Gasteiger partial charge in [-0.05, 0) is 30.5 Å². The summed E-state index contributed by atoms with van der Waals surface area (Å²) in [4.78, 5) is 29.4. The number of Topliss-reactive ketones (excluding diaryl/α,β-unsaturated/α-hetero) is 1. The van der Waals surface area contributed by atoms with Crippen LogP contribution in [0.1, 0.15) is 26.5 Å². The van der Waals surface area contributed by atoms with E-state index >= 15 is 0 Å². The van der Waals surface area contributed by atoms with Gasteiger partial charge in [0.2, 0.25) is 0 Å². The third kappa shape index (κ3) is 2.80. The number of esters is 1. The van der Waals surface area contributed by atoms with E-state index in [1.165, 1.54) is 18.4 Å². The number of hydrogen-bond acceptors (Lipinski definition) is 5. The highest BCUT2D eigenvalue weighted by atomic mass is 32.1. The molecule has 2 aromatic rings. The maximum absolute atomic E-state index is 12.3. The lowest BCUT2D eigenvalue weighted by atomic mass is 9.98. The molecule has 0 amide bonds. The molecule has 3 rings (SSSR count). The van der Waals surface area contributed by atoms with Gasteiger partial charge < -0.3 is 9.30 Å². The predicted molar refractivity (Wildman–Crippen MR) is 79.2 cm³/mol. The summed E-state index contributed by atoms with van der Waals surface area (Å²) in [6.07, 6.45) is 8.31. The molecule has 21 heavy (non-hydrogen) atoms. The molecule has 2 heterocycles. The number of carbonyl (C=O) groups is 2. The molecular formula is C15H14N2O3S. The number of aryl methyl sites for hydroxylation is 1. The molecule has 0 aromatic carbocycles. The van der Waals surface area contributed by atoms with Gasteiger partial charge in [-0.3, -0.25) is 4.79 Å². The first-order valence-corrected chi connectivity index (χ1v) is 7.39. The van der Waals surface area contributed by atoms with Gasteiger partial charge in [0.15, 0.2) is 5.78 Å². The third-order valence-electron chi connectivity index (χ3n) is 3.42. The van der Waals surface area contributed by atoms with Gasteiger partial charge in [-0.25, -0.2) is 9.78 Å². The quantitative estimate of drug-likeness (QED) is 0.642. The molecule has 6 heteroatoms. The lowest BCUT2D eigenvalue weighted by Gasteiger charge is -2.10. The zero-order chi connectivity index (χ0) is 14.8. The van der Waals surface area contributed by atoms with Crippen molar-refractivity contribution >= 4 is 29.2 Å². The Morgan fingerprint density at radius 2 is 2.29 bits per heavy atom. The highest BCUT2D eigenvalue weighted by Gasteiger charge is 2.20. The van der Waals surface area contributed by atoms with Crippen molar-refractivity contribution in [2.75, 3.05) is 7.11 Å². The van der Waals surface area contributed by atoms with Crippen LogP contribution in [0.3, 0.4) is 0 Å². The molecule has 0 saturated carbocycles. The lowest BCUT2D eigenvalue weighted by molar-refractivity contribution is -0.136. The normalized spacial score (nSPS) is 13.5. The van der Waals surface area contributed by atoms with Crippen molar-refractivity contribution in [1.82, 2.24) is 9.55 Å². The van der Waals surface area contributed by atoms with Crippen molar-refractivity contribution < 1.29 is 14.3 Å². The molecule has 0 saturated heterocycles. The molecule has 1 aliphatic rings. The number of fused-ring (bicyclic) bond motifs is 1. The summed E-state index contributed by atoms with van der Waals surface area (Å²) in [6, 6.07) is 1.93.